The van der Waals surface area contributed by atoms with E-state index in [1.54, 1.807) is 19.1 Å². The van der Waals surface area contributed by atoms with Crippen molar-refractivity contribution in [2.45, 2.75) is 56.4 Å². The lowest BCUT2D eigenvalue weighted by Gasteiger charge is -2.39. The predicted molar refractivity (Wildman–Crippen MR) is 126 cm³/mol. The molecule has 1 aliphatic carbocycles. The first kappa shape index (κ1) is 24.0. The number of nitrogens with zero attached hydrogens (tertiary/aromatic N) is 2. The topological polar surface area (TPSA) is 84.4 Å². The molecule has 0 radical (unpaired) electrons. The second-order valence-corrected chi connectivity index (χ2v) is 8.71. The van der Waals surface area contributed by atoms with Gasteiger partial charge in [-0.1, -0.05) is 25.3 Å². The van der Waals surface area contributed by atoms with Gasteiger partial charge in [-0.05, 0) is 43.4 Å². The third kappa shape index (κ3) is 5.58. The summed E-state index contributed by atoms with van der Waals surface area (Å²) in [6, 6.07) is 6.59. The molecule has 0 spiro atoms. The number of carbonyl (C=O) groups is 1. The molecule has 2 N–H and O–H groups in total. The molecule has 8 heteroatoms. The Hall–Kier alpha value is -2.64. The molecule has 0 unspecified atom stereocenters. The summed E-state index contributed by atoms with van der Waals surface area (Å²) in [6.45, 7) is 2.19. The van der Waals surface area contributed by atoms with Gasteiger partial charge < -0.3 is 29.7 Å². The van der Waals surface area contributed by atoms with E-state index in [0.29, 0.717) is 13.1 Å². The summed E-state index contributed by atoms with van der Waals surface area (Å²) in [4.78, 5) is 17.9. The van der Waals surface area contributed by atoms with Crippen molar-refractivity contribution in [3.63, 3.8) is 0 Å². The first-order valence-corrected chi connectivity index (χ1v) is 11.6. The van der Waals surface area contributed by atoms with Crippen LogP contribution < -0.4 is 20.1 Å². The van der Waals surface area contributed by atoms with Crippen molar-refractivity contribution >= 4 is 12.1 Å². The number of hydrogen-bond donors (Lipinski definition) is 2. The average Bonchev–Trinajstić information content (AvgIpc) is 2.86. The summed E-state index contributed by atoms with van der Waals surface area (Å²) >= 11 is 0. The highest BCUT2D eigenvalue weighted by molar-refractivity contribution is 5.80. The number of rotatable bonds is 6. The molecule has 1 aromatic rings. The van der Waals surface area contributed by atoms with Crippen molar-refractivity contribution in [1.82, 2.24) is 15.5 Å². The Labute approximate surface area is 191 Å². The molecule has 1 saturated heterocycles. The average molecular weight is 447 g/mol. The van der Waals surface area contributed by atoms with Crippen LogP contribution in [0, 0.1) is 0 Å². The number of carbonyl (C=O) groups excluding carboxylic acids is 1. The zero-order valence-electron chi connectivity index (χ0n) is 19.9. The minimum Gasteiger partial charge on any atom is -0.493 e. The van der Waals surface area contributed by atoms with Crippen LogP contribution in [0.1, 0.15) is 50.5 Å². The van der Waals surface area contributed by atoms with E-state index in [1.807, 2.05) is 13.1 Å². The van der Waals surface area contributed by atoms with Crippen LogP contribution in [0.25, 0.3) is 0 Å². The Morgan fingerprint density at radius 3 is 2.38 bits per heavy atom. The molecule has 1 saturated carbocycles. The van der Waals surface area contributed by atoms with E-state index < -0.39 is 0 Å². The maximum Gasteiger partial charge on any atom is 0.409 e. The Morgan fingerprint density at radius 1 is 1.09 bits per heavy atom. The summed E-state index contributed by atoms with van der Waals surface area (Å²) in [6.07, 6.45) is 7.46. The van der Waals surface area contributed by atoms with E-state index in [2.05, 4.69) is 27.8 Å². The molecule has 1 heterocycles. The summed E-state index contributed by atoms with van der Waals surface area (Å²) in [7, 11) is 6.59. The van der Waals surface area contributed by atoms with Crippen LogP contribution in [-0.4, -0.2) is 71.0 Å². The van der Waals surface area contributed by atoms with Crippen molar-refractivity contribution < 1.29 is 19.0 Å². The largest absolute Gasteiger partial charge is 0.493 e. The van der Waals surface area contributed by atoms with Gasteiger partial charge >= 0.3 is 6.09 Å². The number of methoxy groups -OCH3 is 3. The number of benzene rings is 1. The number of ether oxygens (including phenoxy) is 3. The van der Waals surface area contributed by atoms with Gasteiger partial charge in [-0.15, -0.1) is 0 Å². The molecule has 178 valence electrons. The lowest BCUT2D eigenvalue weighted by molar-refractivity contribution is 0.111. The monoisotopic (exact) mass is 446 g/mol. The van der Waals surface area contributed by atoms with E-state index in [0.717, 1.165) is 49.7 Å². The molecule has 32 heavy (non-hydrogen) atoms. The van der Waals surface area contributed by atoms with Crippen LogP contribution in [0.15, 0.2) is 23.2 Å². The van der Waals surface area contributed by atoms with E-state index in [9.17, 15) is 4.79 Å². The van der Waals surface area contributed by atoms with Gasteiger partial charge in [0.2, 0.25) is 0 Å². The normalized spacial score (nSPS) is 19.2. The van der Waals surface area contributed by atoms with Gasteiger partial charge in [-0.2, -0.15) is 0 Å². The SMILES string of the molecule is CN=C(NCC1(c2ccc(OC)c(OC)c2)CCCCC1)NC1CCN(C(=O)OC)CC1. The smallest absolute Gasteiger partial charge is 0.409 e. The highest BCUT2D eigenvalue weighted by Gasteiger charge is 2.35. The van der Waals surface area contributed by atoms with Gasteiger partial charge in [0.05, 0.1) is 21.3 Å². The fourth-order valence-corrected chi connectivity index (χ4v) is 4.94. The van der Waals surface area contributed by atoms with Gasteiger partial charge in [0.25, 0.3) is 0 Å². The van der Waals surface area contributed by atoms with Crippen LogP contribution in [0.5, 0.6) is 11.5 Å². The molecule has 1 amide bonds. The van der Waals surface area contributed by atoms with Crippen molar-refractivity contribution in [1.29, 1.82) is 0 Å². The molecule has 3 rings (SSSR count). The summed E-state index contributed by atoms with van der Waals surface area (Å²) in [5, 5.41) is 7.15. The molecule has 1 aromatic carbocycles. The van der Waals surface area contributed by atoms with Gasteiger partial charge in [-0.25, -0.2) is 4.79 Å². The Balaban J connectivity index is 1.65. The third-order valence-electron chi connectivity index (χ3n) is 6.89. The van der Waals surface area contributed by atoms with E-state index >= 15 is 0 Å². The van der Waals surface area contributed by atoms with E-state index in [-0.39, 0.29) is 17.6 Å². The van der Waals surface area contributed by atoms with Crippen molar-refractivity contribution in [2.75, 3.05) is 48.0 Å². The number of piperidine rings is 1. The van der Waals surface area contributed by atoms with Crippen molar-refractivity contribution in [3.8, 4) is 11.5 Å². The fourth-order valence-electron chi connectivity index (χ4n) is 4.94. The molecule has 2 aliphatic rings. The molecule has 8 nitrogen and oxygen atoms in total. The van der Waals surface area contributed by atoms with Gasteiger partial charge in [0.1, 0.15) is 0 Å². The van der Waals surface area contributed by atoms with Crippen molar-refractivity contribution in [3.05, 3.63) is 23.8 Å². The Morgan fingerprint density at radius 2 is 1.78 bits per heavy atom. The quantitative estimate of drug-likeness (QED) is 0.515. The van der Waals surface area contributed by atoms with Gasteiger partial charge in [-0.3, -0.25) is 4.99 Å². The predicted octanol–water partition coefficient (Wildman–Crippen LogP) is 3.30. The number of nitrogens with one attached hydrogen (secondary N) is 2. The number of guanidine groups is 1. The molecule has 0 aromatic heterocycles. The van der Waals surface area contributed by atoms with Crippen LogP contribution in [0.3, 0.4) is 0 Å². The number of hydrogen-bond acceptors (Lipinski definition) is 5. The minimum absolute atomic E-state index is 0.0314. The summed E-state index contributed by atoms with van der Waals surface area (Å²) in [5.74, 6) is 2.34. The Kier molecular flexibility index (Phi) is 8.47. The minimum atomic E-state index is -0.250. The van der Waals surface area contributed by atoms with Crippen LogP contribution >= 0.6 is 0 Å². The second-order valence-electron chi connectivity index (χ2n) is 8.71. The molecular weight excluding hydrogens is 408 g/mol. The maximum absolute atomic E-state index is 11.7. The number of aliphatic imine (C=N–C) groups is 1. The highest BCUT2D eigenvalue weighted by atomic mass is 16.5. The molecule has 1 aliphatic heterocycles. The standard InChI is InChI=1S/C24H38N4O4/c1-25-22(27-19-10-14-28(15-11-19)23(29)32-4)26-17-24(12-6-5-7-13-24)18-8-9-20(30-2)21(16-18)31-3/h8-9,16,19H,5-7,10-15,17H2,1-4H3,(H2,25,26,27). The molecule has 2 fully saturated rings. The second kappa shape index (κ2) is 11.3. The lowest BCUT2D eigenvalue weighted by atomic mass is 9.69. The zero-order chi connectivity index (χ0) is 23.0. The van der Waals surface area contributed by atoms with Crippen LogP contribution in [-0.2, 0) is 10.2 Å². The van der Waals surface area contributed by atoms with Gasteiger partial charge in [0, 0.05) is 38.1 Å². The molecule has 0 atom stereocenters. The fraction of sp³-hybridized carbons (Fsp3) is 0.667. The summed E-state index contributed by atoms with van der Waals surface area (Å²) < 4.78 is 15.8. The highest BCUT2D eigenvalue weighted by Crippen LogP contribution is 2.42. The third-order valence-corrected chi connectivity index (χ3v) is 6.89. The van der Waals surface area contributed by atoms with Crippen LogP contribution in [0.2, 0.25) is 0 Å². The maximum atomic E-state index is 11.7. The van der Waals surface area contributed by atoms with Crippen LogP contribution in [0.4, 0.5) is 4.79 Å². The van der Waals surface area contributed by atoms with Crippen molar-refractivity contribution in [2.24, 2.45) is 4.99 Å². The Bertz CT molecular complexity index is 784. The zero-order valence-corrected chi connectivity index (χ0v) is 19.9. The lowest BCUT2D eigenvalue weighted by Crippen LogP contribution is -2.52. The number of likely N-dealkylation sites (tertiary alicyclic amines) is 1. The first-order valence-electron chi connectivity index (χ1n) is 11.6. The number of amides is 1. The summed E-state index contributed by atoms with van der Waals surface area (Å²) in [5.41, 5.74) is 1.31. The van der Waals surface area contributed by atoms with E-state index in [4.69, 9.17) is 14.2 Å². The molecular formula is C24H38N4O4. The first-order chi connectivity index (χ1) is 15.5. The van der Waals surface area contributed by atoms with E-state index in [1.165, 1.54) is 31.9 Å². The molecule has 0 bridgehead atoms. The van der Waals surface area contributed by atoms with Gasteiger partial charge in [0.15, 0.2) is 17.5 Å².